The Morgan fingerprint density at radius 3 is 2.52 bits per heavy atom. The van der Waals surface area contributed by atoms with Gasteiger partial charge >= 0.3 is 6.03 Å². The van der Waals surface area contributed by atoms with Crippen LogP contribution in [0.25, 0.3) is 0 Å². The third kappa shape index (κ3) is 4.49. The van der Waals surface area contributed by atoms with Crippen LogP contribution in [0.5, 0.6) is 11.5 Å². The summed E-state index contributed by atoms with van der Waals surface area (Å²) in [4.78, 5) is 20.8. The lowest BCUT2D eigenvalue weighted by Gasteiger charge is -2.34. The van der Waals surface area contributed by atoms with Crippen molar-refractivity contribution >= 4 is 11.7 Å². The monoisotopic (exact) mass is 368 g/mol. The van der Waals surface area contributed by atoms with Gasteiger partial charge in [0.05, 0.1) is 13.2 Å². The molecule has 0 spiro atoms. The average molecular weight is 368 g/mol. The molecule has 7 heteroatoms. The fraction of sp³-hybridized carbons (Fsp3) is 0.400. The van der Waals surface area contributed by atoms with Gasteiger partial charge in [0, 0.05) is 63.3 Å². The molecule has 1 aromatic heterocycles. The van der Waals surface area contributed by atoms with Crippen LogP contribution >= 0.6 is 0 Å². The molecule has 0 radical (unpaired) electrons. The van der Waals surface area contributed by atoms with Gasteiger partial charge in [-0.3, -0.25) is 9.88 Å². The lowest BCUT2D eigenvalue weighted by Crippen LogP contribution is -2.49. The minimum absolute atomic E-state index is 0.0759. The Morgan fingerprint density at radius 1 is 1.00 bits per heavy atom. The van der Waals surface area contributed by atoms with Crippen LogP contribution in [0.3, 0.4) is 0 Å². The number of aromatic nitrogens is 1. The van der Waals surface area contributed by atoms with Crippen molar-refractivity contribution in [1.29, 1.82) is 0 Å². The molecule has 0 unspecified atom stereocenters. The van der Waals surface area contributed by atoms with Gasteiger partial charge in [0.25, 0.3) is 0 Å². The van der Waals surface area contributed by atoms with E-state index in [0.29, 0.717) is 32.1 Å². The highest BCUT2D eigenvalue weighted by Crippen LogP contribution is 2.32. The number of carbonyl (C=O) groups is 1. The van der Waals surface area contributed by atoms with E-state index in [0.717, 1.165) is 37.5 Å². The number of urea groups is 1. The molecule has 2 aliphatic rings. The summed E-state index contributed by atoms with van der Waals surface area (Å²) in [6, 6.07) is 9.52. The summed E-state index contributed by atoms with van der Waals surface area (Å²) >= 11 is 0. The zero-order chi connectivity index (χ0) is 18.5. The number of rotatable bonds is 3. The van der Waals surface area contributed by atoms with E-state index in [1.807, 2.05) is 47.6 Å². The van der Waals surface area contributed by atoms with E-state index in [4.69, 9.17) is 9.47 Å². The number of fused-ring (bicyclic) bond motifs is 1. The first-order chi connectivity index (χ1) is 13.3. The number of hydrogen-bond donors (Lipinski definition) is 1. The van der Waals surface area contributed by atoms with Crippen LogP contribution in [-0.2, 0) is 6.54 Å². The zero-order valence-electron chi connectivity index (χ0n) is 15.3. The van der Waals surface area contributed by atoms with Crippen molar-refractivity contribution in [2.24, 2.45) is 0 Å². The van der Waals surface area contributed by atoms with Crippen molar-refractivity contribution in [3.8, 4) is 11.5 Å². The summed E-state index contributed by atoms with van der Waals surface area (Å²) in [5, 5.41) is 2.97. The number of anilines is 1. The number of nitrogens with one attached hydrogen (secondary N) is 1. The van der Waals surface area contributed by atoms with E-state index in [9.17, 15) is 4.79 Å². The Balaban J connectivity index is 1.30. The number of hydrogen-bond acceptors (Lipinski definition) is 5. The number of amides is 2. The van der Waals surface area contributed by atoms with Gasteiger partial charge < -0.3 is 19.7 Å². The first-order valence-corrected chi connectivity index (χ1v) is 9.35. The molecule has 0 atom stereocenters. The lowest BCUT2D eigenvalue weighted by molar-refractivity contribution is 0.143. The maximum atomic E-state index is 12.6. The van der Waals surface area contributed by atoms with E-state index in [2.05, 4.69) is 15.2 Å². The first kappa shape index (κ1) is 17.6. The van der Waals surface area contributed by atoms with Crippen LogP contribution in [0, 0.1) is 0 Å². The molecule has 1 fully saturated rings. The molecule has 1 N–H and O–H groups in total. The largest absolute Gasteiger partial charge is 0.490 e. The maximum Gasteiger partial charge on any atom is 0.321 e. The van der Waals surface area contributed by atoms with Crippen LogP contribution in [0.15, 0.2) is 42.7 Å². The van der Waals surface area contributed by atoms with Crippen LogP contribution in [0.4, 0.5) is 10.5 Å². The van der Waals surface area contributed by atoms with Gasteiger partial charge in [-0.1, -0.05) is 0 Å². The van der Waals surface area contributed by atoms with Crippen LogP contribution in [0.1, 0.15) is 12.0 Å². The van der Waals surface area contributed by atoms with Gasteiger partial charge in [-0.2, -0.15) is 0 Å². The topological polar surface area (TPSA) is 66.9 Å². The molecule has 2 amide bonds. The average Bonchev–Trinajstić information content (AvgIpc) is 2.94. The fourth-order valence-electron chi connectivity index (χ4n) is 3.30. The molecule has 7 nitrogen and oxygen atoms in total. The van der Waals surface area contributed by atoms with Gasteiger partial charge in [0.2, 0.25) is 0 Å². The summed E-state index contributed by atoms with van der Waals surface area (Å²) in [5.41, 5.74) is 1.97. The number of carbonyl (C=O) groups excluding carboxylic acids is 1. The molecular formula is C20H24N4O3. The number of nitrogens with zero attached hydrogens (tertiary/aromatic N) is 3. The van der Waals surface area contributed by atoms with Crippen molar-refractivity contribution in [2.75, 3.05) is 44.7 Å². The van der Waals surface area contributed by atoms with Crippen molar-refractivity contribution in [1.82, 2.24) is 14.8 Å². The second-order valence-corrected chi connectivity index (χ2v) is 6.76. The Morgan fingerprint density at radius 2 is 1.74 bits per heavy atom. The SMILES string of the molecule is O=C(Nc1ccc2c(c1)OCCCO2)N1CCN(Cc2ccncc2)CC1. The van der Waals surface area contributed by atoms with E-state index in [1.54, 1.807) is 0 Å². The molecule has 0 bridgehead atoms. The highest BCUT2D eigenvalue weighted by Gasteiger charge is 2.21. The smallest absolute Gasteiger partial charge is 0.321 e. The summed E-state index contributed by atoms with van der Waals surface area (Å²) in [6.45, 7) is 5.31. The Bertz CT molecular complexity index is 776. The highest BCUT2D eigenvalue weighted by molar-refractivity contribution is 5.89. The van der Waals surface area contributed by atoms with Gasteiger partial charge in [-0.25, -0.2) is 4.79 Å². The van der Waals surface area contributed by atoms with E-state index < -0.39 is 0 Å². The number of pyridine rings is 1. The van der Waals surface area contributed by atoms with Crippen molar-refractivity contribution < 1.29 is 14.3 Å². The maximum absolute atomic E-state index is 12.6. The lowest BCUT2D eigenvalue weighted by atomic mass is 10.2. The molecule has 2 aliphatic heterocycles. The number of benzene rings is 1. The molecule has 27 heavy (non-hydrogen) atoms. The Kier molecular flexibility index (Phi) is 5.39. The number of piperazine rings is 1. The predicted molar refractivity (Wildman–Crippen MR) is 102 cm³/mol. The van der Waals surface area contributed by atoms with E-state index >= 15 is 0 Å². The van der Waals surface area contributed by atoms with Gasteiger partial charge in [-0.05, 0) is 29.8 Å². The Hall–Kier alpha value is -2.80. The standard InChI is InChI=1S/C20H24N4O3/c25-20(22-17-2-3-18-19(14-17)27-13-1-12-26-18)24-10-8-23(9-11-24)15-16-4-6-21-7-5-16/h2-7,14H,1,8-13,15H2,(H,22,25). The molecule has 1 saturated heterocycles. The summed E-state index contributed by atoms with van der Waals surface area (Å²) in [7, 11) is 0. The molecule has 0 aliphatic carbocycles. The summed E-state index contributed by atoms with van der Waals surface area (Å²) < 4.78 is 11.3. The van der Waals surface area contributed by atoms with Crippen LogP contribution in [-0.4, -0.2) is 60.2 Å². The molecule has 1 aromatic carbocycles. The number of ether oxygens (including phenoxy) is 2. The van der Waals surface area contributed by atoms with E-state index in [1.165, 1.54) is 5.56 Å². The van der Waals surface area contributed by atoms with E-state index in [-0.39, 0.29) is 6.03 Å². The molecule has 142 valence electrons. The van der Waals surface area contributed by atoms with Gasteiger partial charge in [-0.15, -0.1) is 0 Å². The zero-order valence-corrected chi connectivity index (χ0v) is 15.3. The summed E-state index contributed by atoms with van der Waals surface area (Å²) in [6.07, 6.45) is 4.49. The third-order valence-corrected chi connectivity index (χ3v) is 4.81. The minimum Gasteiger partial charge on any atom is -0.490 e. The second kappa shape index (κ2) is 8.26. The van der Waals surface area contributed by atoms with Gasteiger partial charge in [0.1, 0.15) is 0 Å². The van der Waals surface area contributed by atoms with Gasteiger partial charge in [0.15, 0.2) is 11.5 Å². The fourth-order valence-corrected chi connectivity index (χ4v) is 3.30. The van der Waals surface area contributed by atoms with Crippen molar-refractivity contribution in [2.45, 2.75) is 13.0 Å². The van der Waals surface area contributed by atoms with Crippen molar-refractivity contribution in [3.63, 3.8) is 0 Å². The molecule has 4 rings (SSSR count). The van der Waals surface area contributed by atoms with Crippen molar-refractivity contribution in [3.05, 3.63) is 48.3 Å². The first-order valence-electron chi connectivity index (χ1n) is 9.35. The normalized spacial score (nSPS) is 17.3. The predicted octanol–water partition coefficient (Wildman–Crippen LogP) is 2.59. The molecule has 2 aromatic rings. The minimum atomic E-state index is -0.0759. The molecule has 3 heterocycles. The molecule has 0 saturated carbocycles. The van der Waals surface area contributed by atoms with Crippen LogP contribution in [0.2, 0.25) is 0 Å². The van der Waals surface area contributed by atoms with Crippen LogP contribution < -0.4 is 14.8 Å². The third-order valence-electron chi connectivity index (χ3n) is 4.81. The Labute approximate surface area is 158 Å². The molecular weight excluding hydrogens is 344 g/mol. The summed E-state index contributed by atoms with van der Waals surface area (Å²) in [5.74, 6) is 1.42. The highest BCUT2D eigenvalue weighted by atomic mass is 16.5. The second-order valence-electron chi connectivity index (χ2n) is 6.76. The quantitative estimate of drug-likeness (QED) is 0.902.